The van der Waals surface area contributed by atoms with Crippen molar-refractivity contribution in [2.24, 2.45) is 0 Å². The highest BCUT2D eigenvalue weighted by Gasteiger charge is 2.46. The first-order valence-corrected chi connectivity index (χ1v) is 30.9. The molecule has 2 aliphatic rings. The number of nitrogens with zero attached hydrogens (tertiary/aromatic N) is 3. The van der Waals surface area contributed by atoms with Gasteiger partial charge < -0.3 is 14.4 Å². The fraction of sp³-hybridized carbons (Fsp3) is 0.195. The number of anilines is 6. The molecule has 0 spiro atoms. The van der Waals surface area contributed by atoms with Crippen molar-refractivity contribution in [3.63, 3.8) is 0 Å². The van der Waals surface area contributed by atoms with Crippen molar-refractivity contribution in [1.82, 2.24) is 4.57 Å². The molecule has 0 radical (unpaired) electrons. The van der Waals surface area contributed by atoms with Gasteiger partial charge in [-0.05, 0) is 178 Å². The molecule has 0 atom stereocenters. The highest BCUT2D eigenvalue weighted by molar-refractivity contribution is 7.00. The molecule has 422 valence electrons. The monoisotopic (exact) mass is 1110 g/mol. The van der Waals surface area contributed by atoms with Gasteiger partial charge in [-0.25, -0.2) is 0 Å². The molecule has 3 heterocycles. The summed E-state index contributed by atoms with van der Waals surface area (Å²) in [5, 5.41) is 2.54. The second kappa shape index (κ2) is 20.3. The van der Waals surface area contributed by atoms with E-state index >= 15 is 0 Å². The molecular weight excluding hydrogens is 1040 g/mol. The van der Waals surface area contributed by atoms with E-state index in [0.717, 1.165) is 17.1 Å². The molecular formula is C82H76BN3. The van der Waals surface area contributed by atoms with Crippen LogP contribution in [0.25, 0.3) is 72.0 Å². The zero-order valence-electron chi connectivity index (χ0n) is 52.0. The third-order valence-corrected chi connectivity index (χ3v) is 18.3. The molecule has 2 aliphatic heterocycles. The van der Waals surface area contributed by atoms with Gasteiger partial charge in [0.15, 0.2) is 0 Å². The predicted octanol–water partition coefficient (Wildman–Crippen LogP) is 20.7. The van der Waals surface area contributed by atoms with E-state index in [0.29, 0.717) is 0 Å². The number of benzene rings is 11. The van der Waals surface area contributed by atoms with Crippen LogP contribution in [0.3, 0.4) is 0 Å². The van der Waals surface area contributed by atoms with Crippen LogP contribution in [0.5, 0.6) is 0 Å². The van der Waals surface area contributed by atoms with E-state index in [2.05, 4.69) is 340 Å². The molecule has 0 amide bonds. The number of hydrogen-bond donors (Lipinski definition) is 0. The van der Waals surface area contributed by atoms with Gasteiger partial charge in [-0.15, -0.1) is 0 Å². The zero-order valence-corrected chi connectivity index (χ0v) is 52.0. The van der Waals surface area contributed by atoms with Crippen molar-refractivity contribution in [2.45, 2.75) is 105 Å². The lowest BCUT2D eigenvalue weighted by molar-refractivity contribution is 0.590. The molecule has 0 saturated heterocycles. The van der Waals surface area contributed by atoms with Crippen molar-refractivity contribution in [2.75, 3.05) is 9.80 Å². The Kier molecular flexibility index (Phi) is 12.9. The second-order valence-electron chi connectivity index (χ2n) is 28.3. The van der Waals surface area contributed by atoms with E-state index in [1.807, 2.05) is 0 Å². The molecule has 14 rings (SSSR count). The summed E-state index contributed by atoms with van der Waals surface area (Å²) < 4.78 is 2.58. The fourth-order valence-corrected chi connectivity index (χ4v) is 13.8. The van der Waals surface area contributed by atoms with Crippen molar-refractivity contribution in [1.29, 1.82) is 0 Å². The summed E-state index contributed by atoms with van der Waals surface area (Å²) in [6.07, 6.45) is 0. The molecule has 0 saturated carbocycles. The van der Waals surface area contributed by atoms with E-state index < -0.39 is 0 Å². The van der Waals surface area contributed by atoms with Crippen LogP contribution in [0.4, 0.5) is 34.1 Å². The molecule has 0 fully saturated rings. The lowest BCUT2D eigenvalue weighted by Crippen LogP contribution is -2.61. The standard InChI is InChI=1S/C82H76BN3/c1-79(2,3)59-37-43-72-66(45-59)67-46-60(80(4,5)6)38-44-73(67)86(72)63-47-76-78-77(48-63)85(62-41-35-56(36-42-62)54-27-19-14-20-28-54)75-52-69(82(10,11)12)65(58-31-23-16-24-32-58)50-71(75)83(78)70-49-64(57-29-21-15-22-30-57)68(81(7,8)9)51-74(70)84(76)61-39-33-55(34-40-61)53-25-17-13-18-26-53/h13-52H,1-12H3. The highest BCUT2D eigenvalue weighted by atomic mass is 15.2. The number of fused-ring (bicyclic) bond motifs is 7. The largest absolute Gasteiger partial charge is 0.311 e. The van der Waals surface area contributed by atoms with Gasteiger partial charge >= 0.3 is 0 Å². The zero-order chi connectivity index (χ0) is 59.6. The van der Waals surface area contributed by atoms with Crippen LogP contribution >= 0.6 is 0 Å². The lowest BCUT2D eigenvalue weighted by Gasteiger charge is -2.46. The smallest absolute Gasteiger partial charge is 0.252 e. The minimum absolute atomic E-state index is 0.0400. The minimum atomic E-state index is -0.202. The van der Waals surface area contributed by atoms with Crippen molar-refractivity contribution >= 4 is 79.0 Å². The van der Waals surface area contributed by atoms with Crippen LogP contribution in [0, 0.1) is 0 Å². The number of rotatable bonds is 7. The Balaban J connectivity index is 1.16. The molecule has 3 nitrogen and oxygen atoms in total. The summed E-state index contributed by atoms with van der Waals surface area (Å²) in [5.74, 6) is 0. The maximum Gasteiger partial charge on any atom is 0.252 e. The molecule has 12 aromatic rings. The second-order valence-corrected chi connectivity index (χ2v) is 28.3. The molecule has 11 aromatic carbocycles. The van der Waals surface area contributed by atoms with Gasteiger partial charge in [-0.3, -0.25) is 0 Å². The maximum atomic E-state index is 2.62. The SMILES string of the molecule is CC(C)(C)c1ccc2c(c1)c1cc(C(C)(C)C)ccc1n2-c1cc2c3c(c1)N(c1ccc(-c4ccccc4)cc1)c1cc(C(C)(C)C)c(-c4ccccc4)cc1B3c1cc(-c3ccccc3)c(C(C)(C)C)cc1N2c1ccc(-c2ccccc2)cc1. The summed E-state index contributed by atoms with van der Waals surface area (Å²) in [6.45, 7) is 28.1. The van der Waals surface area contributed by atoms with Gasteiger partial charge in [-0.2, -0.15) is 0 Å². The first-order valence-electron chi connectivity index (χ1n) is 30.9. The molecule has 0 unspecified atom stereocenters. The van der Waals surface area contributed by atoms with E-state index in [1.54, 1.807) is 0 Å². The van der Waals surface area contributed by atoms with Gasteiger partial charge in [0.25, 0.3) is 6.71 Å². The first kappa shape index (κ1) is 54.8. The molecule has 0 bridgehead atoms. The average molecular weight is 1110 g/mol. The molecule has 86 heavy (non-hydrogen) atoms. The maximum absolute atomic E-state index is 2.62. The van der Waals surface area contributed by atoms with Gasteiger partial charge in [0.1, 0.15) is 0 Å². The quantitative estimate of drug-likeness (QED) is 0.147. The fourth-order valence-electron chi connectivity index (χ4n) is 13.8. The molecule has 0 aliphatic carbocycles. The normalized spacial score (nSPS) is 13.3. The van der Waals surface area contributed by atoms with Crippen LogP contribution in [0.15, 0.2) is 243 Å². The molecule has 0 N–H and O–H groups in total. The van der Waals surface area contributed by atoms with Crippen LogP contribution in [0.1, 0.15) is 105 Å². The van der Waals surface area contributed by atoms with E-state index in [4.69, 9.17) is 0 Å². The Morgan fingerprint density at radius 1 is 0.279 bits per heavy atom. The summed E-state index contributed by atoms with van der Waals surface area (Å²) >= 11 is 0. The highest BCUT2D eigenvalue weighted by Crippen LogP contribution is 2.50. The first-order chi connectivity index (χ1) is 41.2. The Labute approximate surface area is 510 Å². The van der Waals surface area contributed by atoms with Crippen molar-refractivity contribution in [3.05, 3.63) is 265 Å². The topological polar surface area (TPSA) is 11.4 Å². The third-order valence-electron chi connectivity index (χ3n) is 18.3. The summed E-state index contributed by atoms with van der Waals surface area (Å²) in [6, 6.07) is 92.4. The minimum Gasteiger partial charge on any atom is -0.311 e. The van der Waals surface area contributed by atoms with Crippen LogP contribution in [-0.2, 0) is 21.7 Å². The molecule has 4 heteroatoms. The van der Waals surface area contributed by atoms with E-state index in [-0.39, 0.29) is 28.4 Å². The van der Waals surface area contributed by atoms with E-state index in [9.17, 15) is 0 Å². The Morgan fingerprint density at radius 2 is 0.616 bits per heavy atom. The Bertz CT molecular complexity index is 4280. The van der Waals surface area contributed by atoms with E-state index in [1.165, 1.54) is 128 Å². The van der Waals surface area contributed by atoms with Gasteiger partial charge in [0.2, 0.25) is 0 Å². The average Bonchev–Trinajstić information content (AvgIpc) is 0.977. The van der Waals surface area contributed by atoms with Crippen molar-refractivity contribution in [3.8, 4) is 50.2 Å². The Hall–Kier alpha value is -9.12. The van der Waals surface area contributed by atoms with Gasteiger partial charge in [0.05, 0.1) is 16.7 Å². The van der Waals surface area contributed by atoms with Gasteiger partial charge in [-0.1, -0.05) is 253 Å². The van der Waals surface area contributed by atoms with Crippen LogP contribution in [-0.4, -0.2) is 11.3 Å². The van der Waals surface area contributed by atoms with Gasteiger partial charge in [0, 0.05) is 44.9 Å². The number of aromatic nitrogens is 1. The Morgan fingerprint density at radius 3 is 0.953 bits per heavy atom. The summed E-state index contributed by atoms with van der Waals surface area (Å²) in [4.78, 5) is 5.25. The number of hydrogen-bond acceptors (Lipinski definition) is 2. The third kappa shape index (κ3) is 9.37. The molecule has 1 aromatic heterocycles. The van der Waals surface area contributed by atoms with Crippen LogP contribution < -0.4 is 26.2 Å². The van der Waals surface area contributed by atoms with Crippen LogP contribution in [0.2, 0.25) is 0 Å². The summed E-state index contributed by atoms with van der Waals surface area (Å²) in [7, 11) is 0. The summed E-state index contributed by atoms with van der Waals surface area (Å²) in [5.41, 5.74) is 28.8. The lowest BCUT2D eigenvalue weighted by atomic mass is 9.33. The van der Waals surface area contributed by atoms with Crippen molar-refractivity contribution < 1.29 is 0 Å². The predicted molar refractivity (Wildman–Crippen MR) is 371 cm³/mol.